The van der Waals surface area contributed by atoms with Crippen LogP contribution in [0.5, 0.6) is 0 Å². The molecule has 0 saturated carbocycles. The summed E-state index contributed by atoms with van der Waals surface area (Å²) in [5.41, 5.74) is 0. The van der Waals surface area contributed by atoms with Crippen molar-refractivity contribution in [3.63, 3.8) is 0 Å². The van der Waals surface area contributed by atoms with Gasteiger partial charge in [-0.15, -0.1) is 0 Å². The SMILES string of the molecule is CC(C)CCCCCC(=O)OCC(C)C. The van der Waals surface area contributed by atoms with Gasteiger partial charge in [-0.05, 0) is 18.3 Å². The van der Waals surface area contributed by atoms with Gasteiger partial charge >= 0.3 is 5.97 Å². The predicted molar refractivity (Wildman–Crippen MR) is 63.7 cm³/mol. The van der Waals surface area contributed by atoms with E-state index in [2.05, 4.69) is 27.7 Å². The Bertz CT molecular complexity index is 162. The fourth-order valence-electron chi connectivity index (χ4n) is 1.33. The summed E-state index contributed by atoms with van der Waals surface area (Å²) >= 11 is 0. The van der Waals surface area contributed by atoms with E-state index in [9.17, 15) is 4.79 Å². The number of hydrogen-bond donors (Lipinski definition) is 0. The minimum Gasteiger partial charge on any atom is -0.465 e. The van der Waals surface area contributed by atoms with Gasteiger partial charge in [0.2, 0.25) is 0 Å². The minimum atomic E-state index is -0.0340. The van der Waals surface area contributed by atoms with Gasteiger partial charge in [-0.1, -0.05) is 47.0 Å². The summed E-state index contributed by atoms with van der Waals surface area (Å²) in [6, 6.07) is 0. The van der Waals surface area contributed by atoms with Crippen LogP contribution in [0.15, 0.2) is 0 Å². The molecule has 0 aliphatic carbocycles. The van der Waals surface area contributed by atoms with Crippen molar-refractivity contribution in [1.82, 2.24) is 0 Å². The van der Waals surface area contributed by atoms with Gasteiger partial charge in [-0.2, -0.15) is 0 Å². The van der Waals surface area contributed by atoms with E-state index >= 15 is 0 Å². The molecule has 0 saturated heterocycles. The molecule has 0 aliphatic rings. The molecule has 0 radical (unpaired) electrons. The highest BCUT2D eigenvalue weighted by Crippen LogP contribution is 2.09. The zero-order valence-electron chi connectivity index (χ0n) is 10.7. The molecule has 0 fully saturated rings. The third-order valence-corrected chi connectivity index (χ3v) is 2.24. The topological polar surface area (TPSA) is 26.3 Å². The molecule has 0 bridgehead atoms. The van der Waals surface area contributed by atoms with Crippen LogP contribution < -0.4 is 0 Å². The van der Waals surface area contributed by atoms with E-state index in [1.54, 1.807) is 0 Å². The highest BCUT2D eigenvalue weighted by atomic mass is 16.5. The Labute approximate surface area is 94.4 Å². The third-order valence-electron chi connectivity index (χ3n) is 2.24. The van der Waals surface area contributed by atoms with Crippen LogP contribution in [0, 0.1) is 11.8 Å². The molecular formula is C13H26O2. The first kappa shape index (κ1) is 14.5. The van der Waals surface area contributed by atoms with Crippen molar-refractivity contribution in [1.29, 1.82) is 0 Å². The van der Waals surface area contributed by atoms with Crippen molar-refractivity contribution in [2.75, 3.05) is 6.61 Å². The molecule has 0 N–H and O–H groups in total. The molecule has 0 spiro atoms. The van der Waals surface area contributed by atoms with Gasteiger partial charge in [0.25, 0.3) is 0 Å². The van der Waals surface area contributed by atoms with Gasteiger partial charge < -0.3 is 4.74 Å². The lowest BCUT2D eigenvalue weighted by atomic mass is 10.0. The van der Waals surface area contributed by atoms with Crippen molar-refractivity contribution < 1.29 is 9.53 Å². The smallest absolute Gasteiger partial charge is 0.305 e. The zero-order valence-corrected chi connectivity index (χ0v) is 10.7. The van der Waals surface area contributed by atoms with E-state index in [4.69, 9.17) is 4.74 Å². The van der Waals surface area contributed by atoms with Crippen LogP contribution in [0.4, 0.5) is 0 Å². The molecule has 15 heavy (non-hydrogen) atoms. The fraction of sp³-hybridized carbons (Fsp3) is 0.923. The first-order valence-corrected chi connectivity index (χ1v) is 6.18. The van der Waals surface area contributed by atoms with Gasteiger partial charge in [0.1, 0.15) is 0 Å². The summed E-state index contributed by atoms with van der Waals surface area (Å²) in [7, 11) is 0. The zero-order chi connectivity index (χ0) is 11.7. The summed E-state index contributed by atoms with van der Waals surface area (Å²) in [6.45, 7) is 9.13. The Kier molecular flexibility index (Phi) is 8.44. The number of hydrogen-bond acceptors (Lipinski definition) is 2. The Morgan fingerprint density at radius 2 is 1.67 bits per heavy atom. The standard InChI is InChI=1S/C13H26O2/c1-11(2)8-6-5-7-9-13(14)15-10-12(3)4/h11-12H,5-10H2,1-4H3. The maximum atomic E-state index is 11.2. The summed E-state index contributed by atoms with van der Waals surface area (Å²) in [5.74, 6) is 1.18. The second-order valence-electron chi connectivity index (χ2n) is 5.07. The van der Waals surface area contributed by atoms with Crippen LogP contribution >= 0.6 is 0 Å². The Hall–Kier alpha value is -0.530. The first-order chi connectivity index (χ1) is 7.02. The van der Waals surface area contributed by atoms with E-state index < -0.39 is 0 Å². The van der Waals surface area contributed by atoms with E-state index in [1.807, 2.05) is 0 Å². The molecular weight excluding hydrogens is 188 g/mol. The van der Waals surface area contributed by atoms with Crippen molar-refractivity contribution in [2.24, 2.45) is 11.8 Å². The number of carbonyl (C=O) groups is 1. The highest BCUT2D eigenvalue weighted by Gasteiger charge is 2.04. The van der Waals surface area contributed by atoms with Crippen molar-refractivity contribution >= 4 is 5.97 Å². The van der Waals surface area contributed by atoms with Crippen LogP contribution in [0.3, 0.4) is 0 Å². The molecule has 0 atom stereocenters. The van der Waals surface area contributed by atoms with E-state index in [0.717, 1.165) is 18.8 Å². The maximum Gasteiger partial charge on any atom is 0.305 e. The van der Waals surface area contributed by atoms with Crippen molar-refractivity contribution in [3.8, 4) is 0 Å². The molecule has 2 nitrogen and oxygen atoms in total. The molecule has 0 aromatic carbocycles. The van der Waals surface area contributed by atoms with Crippen molar-refractivity contribution in [2.45, 2.75) is 59.8 Å². The number of ether oxygens (including phenoxy) is 1. The van der Waals surface area contributed by atoms with Crippen LogP contribution in [-0.2, 0) is 9.53 Å². The molecule has 0 aromatic rings. The summed E-state index contributed by atoms with van der Waals surface area (Å²) < 4.78 is 5.09. The van der Waals surface area contributed by atoms with Crippen LogP contribution in [0.25, 0.3) is 0 Å². The number of unbranched alkanes of at least 4 members (excludes halogenated alkanes) is 2. The van der Waals surface area contributed by atoms with E-state index in [1.165, 1.54) is 12.8 Å². The molecule has 0 amide bonds. The Balaban J connectivity index is 3.24. The van der Waals surface area contributed by atoms with Gasteiger partial charge in [0, 0.05) is 6.42 Å². The maximum absolute atomic E-state index is 11.2. The van der Waals surface area contributed by atoms with Gasteiger partial charge in [-0.3, -0.25) is 4.79 Å². The van der Waals surface area contributed by atoms with Crippen LogP contribution in [-0.4, -0.2) is 12.6 Å². The highest BCUT2D eigenvalue weighted by molar-refractivity contribution is 5.69. The van der Waals surface area contributed by atoms with Crippen LogP contribution in [0.1, 0.15) is 59.8 Å². The van der Waals surface area contributed by atoms with E-state index in [-0.39, 0.29) is 5.97 Å². The lowest BCUT2D eigenvalue weighted by Crippen LogP contribution is -2.09. The molecule has 0 rings (SSSR count). The van der Waals surface area contributed by atoms with Gasteiger partial charge in [0.15, 0.2) is 0 Å². The molecule has 90 valence electrons. The fourth-order valence-corrected chi connectivity index (χ4v) is 1.33. The normalized spacial score (nSPS) is 11.1. The van der Waals surface area contributed by atoms with Gasteiger partial charge in [0.05, 0.1) is 6.61 Å². The van der Waals surface area contributed by atoms with Crippen molar-refractivity contribution in [3.05, 3.63) is 0 Å². The summed E-state index contributed by atoms with van der Waals surface area (Å²) in [6.07, 6.45) is 5.21. The van der Waals surface area contributed by atoms with Gasteiger partial charge in [-0.25, -0.2) is 0 Å². The van der Waals surface area contributed by atoms with Crippen LogP contribution in [0.2, 0.25) is 0 Å². The third kappa shape index (κ3) is 11.4. The largest absolute Gasteiger partial charge is 0.465 e. The minimum absolute atomic E-state index is 0.0340. The second-order valence-corrected chi connectivity index (χ2v) is 5.07. The molecule has 0 unspecified atom stereocenters. The number of rotatable bonds is 8. The lowest BCUT2D eigenvalue weighted by Gasteiger charge is -2.07. The Morgan fingerprint density at radius 3 is 2.20 bits per heavy atom. The molecule has 2 heteroatoms. The molecule has 0 aromatic heterocycles. The Morgan fingerprint density at radius 1 is 1.00 bits per heavy atom. The summed E-state index contributed by atoms with van der Waals surface area (Å²) in [5, 5.41) is 0. The monoisotopic (exact) mass is 214 g/mol. The lowest BCUT2D eigenvalue weighted by molar-refractivity contribution is -0.144. The second kappa shape index (κ2) is 8.75. The first-order valence-electron chi connectivity index (χ1n) is 6.18. The summed E-state index contributed by atoms with van der Waals surface area (Å²) in [4.78, 5) is 11.2. The predicted octanol–water partition coefficient (Wildman–Crippen LogP) is 3.79. The number of carbonyl (C=O) groups excluding carboxylic acids is 1. The molecule has 0 aliphatic heterocycles. The number of esters is 1. The quantitative estimate of drug-likeness (QED) is 0.454. The average molecular weight is 214 g/mol. The average Bonchev–Trinajstić information content (AvgIpc) is 2.13. The molecule has 0 heterocycles. The van der Waals surface area contributed by atoms with E-state index in [0.29, 0.717) is 18.9 Å².